The molecule has 2 heterocycles. The molecule has 0 aromatic carbocycles. The molecule has 0 N–H and O–H groups in total. The van der Waals surface area contributed by atoms with Crippen LogP contribution in [-0.4, -0.2) is 9.97 Å². The summed E-state index contributed by atoms with van der Waals surface area (Å²) in [6.07, 6.45) is 5.30. The zero-order valence-corrected chi connectivity index (χ0v) is 9.26. The minimum atomic E-state index is 0.734. The first-order chi connectivity index (χ1) is 7.42. The molecule has 2 fully saturated rings. The second-order valence-electron chi connectivity index (χ2n) is 4.65. The summed E-state index contributed by atoms with van der Waals surface area (Å²) in [5, 5.41) is 2.10. The number of aromatic nitrogens is 2. The van der Waals surface area contributed by atoms with E-state index in [0.29, 0.717) is 0 Å². The number of nitrogens with zero attached hydrogens (tertiary/aromatic N) is 2. The molecule has 2 saturated carbocycles. The van der Waals surface area contributed by atoms with Crippen LogP contribution in [0.5, 0.6) is 0 Å². The molecular weight excluding hydrogens is 204 g/mol. The fourth-order valence-corrected chi connectivity index (χ4v) is 2.84. The predicted octanol–water partition coefficient (Wildman–Crippen LogP) is 3.45. The largest absolute Gasteiger partial charge is 0.248 e. The van der Waals surface area contributed by atoms with Gasteiger partial charge in [0, 0.05) is 11.8 Å². The third kappa shape index (κ3) is 1.29. The highest BCUT2D eigenvalue weighted by atomic mass is 32.1. The highest BCUT2D eigenvalue weighted by Gasteiger charge is 2.35. The summed E-state index contributed by atoms with van der Waals surface area (Å²) < 4.78 is 0. The van der Waals surface area contributed by atoms with Crippen molar-refractivity contribution >= 4 is 21.7 Å². The summed E-state index contributed by atoms with van der Waals surface area (Å²) in [4.78, 5) is 10.7. The zero-order chi connectivity index (χ0) is 9.83. The van der Waals surface area contributed by atoms with Crippen molar-refractivity contribution in [3.05, 3.63) is 22.8 Å². The van der Waals surface area contributed by atoms with Gasteiger partial charge in [0.2, 0.25) is 0 Å². The minimum Gasteiger partial charge on any atom is -0.248 e. The topological polar surface area (TPSA) is 25.8 Å². The number of thiophene rings is 1. The molecule has 0 saturated heterocycles. The molecule has 0 radical (unpaired) electrons. The van der Waals surface area contributed by atoms with Gasteiger partial charge in [-0.1, -0.05) is 0 Å². The molecule has 2 aliphatic rings. The van der Waals surface area contributed by atoms with Crippen LogP contribution in [0.2, 0.25) is 0 Å². The summed E-state index contributed by atoms with van der Waals surface area (Å²) in [5.74, 6) is 1.47. The zero-order valence-electron chi connectivity index (χ0n) is 8.44. The SMILES string of the molecule is c1cc2nc(C3CC3)c(C3CC3)nc2s1. The van der Waals surface area contributed by atoms with Crippen LogP contribution in [0.4, 0.5) is 0 Å². The third-order valence-corrected chi connectivity index (χ3v) is 4.07. The Hall–Kier alpha value is -0.960. The lowest BCUT2D eigenvalue weighted by atomic mass is 10.1. The number of hydrogen-bond donors (Lipinski definition) is 0. The third-order valence-electron chi connectivity index (χ3n) is 3.28. The average Bonchev–Trinajstić information content (AvgIpc) is 3.12. The molecule has 2 aromatic heterocycles. The fourth-order valence-electron chi connectivity index (χ4n) is 2.13. The van der Waals surface area contributed by atoms with E-state index in [9.17, 15) is 0 Å². The minimum absolute atomic E-state index is 0.734. The van der Waals surface area contributed by atoms with E-state index in [2.05, 4.69) is 11.4 Å². The van der Waals surface area contributed by atoms with Crippen LogP contribution in [0.25, 0.3) is 10.3 Å². The van der Waals surface area contributed by atoms with E-state index in [1.165, 1.54) is 37.1 Å². The molecule has 3 heteroatoms. The molecule has 2 aromatic rings. The Labute approximate surface area is 92.4 Å². The Bertz CT molecular complexity index is 477. The van der Waals surface area contributed by atoms with Crippen LogP contribution in [-0.2, 0) is 0 Å². The lowest BCUT2D eigenvalue weighted by Gasteiger charge is -2.05. The maximum absolute atomic E-state index is 4.81. The Morgan fingerprint density at radius 2 is 1.67 bits per heavy atom. The van der Waals surface area contributed by atoms with Gasteiger partial charge >= 0.3 is 0 Å². The van der Waals surface area contributed by atoms with E-state index >= 15 is 0 Å². The first-order valence-corrected chi connectivity index (χ1v) is 6.55. The Morgan fingerprint density at radius 3 is 2.33 bits per heavy atom. The van der Waals surface area contributed by atoms with Crippen molar-refractivity contribution in [3.8, 4) is 0 Å². The van der Waals surface area contributed by atoms with Crippen LogP contribution < -0.4 is 0 Å². The van der Waals surface area contributed by atoms with E-state index < -0.39 is 0 Å². The maximum atomic E-state index is 4.81. The quantitative estimate of drug-likeness (QED) is 0.768. The van der Waals surface area contributed by atoms with Gasteiger partial charge in [-0.2, -0.15) is 0 Å². The van der Waals surface area contributed by atoms with Gasteiger partial charge in [-0.05, 0) is 37.1 Å². The molecule has 0 bridgehead atoms. The van der Waals surface area contributed by atoms with Crippen molar-refractivity contribution in [1.29, 1.82) is 0 Å². The van der Waals surface area contributed by atoms with Crippen molar-refractivity contribution in [1.82, 2.24) is 9.97 Å². The monoisotopic (exact) mass is 216 g/mol. The Kier molecular flexibility index (Phi) is 1.53. The average molecular weight is 216 g/mol. The summed E-state index contributed by atoms with van der Waals surface area (Å²) in [7, 11) is 0. The van der Waals surface area contributed by atoms with Crippen molar-refractivity contribution < 1.29 is 0 Å². The van der Waals surface area contributed by atoms with Gasteiger partial charge in [-0.25, -0.2) is 9.97 Å². The second kappa shape index (κ2) is 2.79. The summed E-state index contributed by atoms with van der Waals surface area (Å²) in [6, 6.07) is 2.09. The predicted molar refractivity (Wildman–Crippen MR) is 61.4 cm³/mol. The highest BCUT2D eigenvalue weighted by Crippen LogP contribution is 2.48. The van der Waals surface area contributed by atoms with Gasteiger partial charge in [0.1, 0.15) is 10.3 Å². The molecule has 0 atom stereocenters. The van der Waals surface area contributed by atoms with E-state index in [4.69, 9.17) is 9.97 Å². The lowest BCUT2D eigenvalue weighted by molar-refractivity contribution is 0.916. The van der Waals surface area contributed by atoms with Gasteiger partial charge < -0.3 is 0 Å². The van der Waals surface area contributed by atoms with Crippen molar-refractivity contribution in [2.45, 2.75) is 37.5 Å². The Balaban J connectivity index is 1.97. The molecule has 4 rings (SSSR count). The summed E-state index contributed by atoms with van der Waals surface area (Å²) >= 11 is 1.71. The van der Waals surface area contributed by atoms with Gasteiger partial charge in [-0.15, -0.1) is 11.3 Å². The second-order valence-corrected chi connectivity index (χ2v) is 5.55. The lowest BCUT2D eigenvalue weighted by Crippen LogP contribution is -1.98. The molecular formula is C12H12N2S. The molecule has 0 spiro atoms. The van der Waals surface area contributed by atoms with Gasteiger partial charge in [-0.3, -0.25) is 0 Å². The highest BCUT2D eigenvalue weighted by molar-refractivity contribution is 7.16. The molecule has 15 heavy (non-hydrogen) atoms. The van der Waals surface area contributed by atoms with Gasteiger partial charge in [0.15, 0.2) is 0 Å². The molecule has 0 aliphatic heterocycles. The molecule has 76 valence electrons. The molecule has 2 aliphatic carbocycles. The number of hydrogen-bond acceptors (Lipinski definition) is 3. The van der Waals surface area contributed by atoms with E-state index in [-0.39, 0.29) is 0 Å². The van der Waals surface area contributed by atoms with Gasteiger partial charge in [0.05, 0.1) is 11.4 Å². The fraction of sp³-hybridized carbons (Fsp3) is 0.500. The normalized spacial score (nSPS) is 21.1. The standard InChI is InChI=1S/C12H12N2S/c1-2-7(1)10-11(8-3-4-8)14-12-9(13-10)5-6-15-12/h5-8H,1-4H2. The van der Waals surface area contributed by atoms with E-state index in [1.54, 1.807) is 11.3 Å². The number of rotatable bonds is 2. The van der Waals surface area contributed by atoms with Crippen molar-refractivity contribution in [2.24, 2.45) is 0 Å². The van der Waals surface area contributed by atoms with E-state index in [0.717, 1.165) is 22.2 Å². The Morgan fingerprint density at radius 1 is 1.00 bits per heavy atom. The van der Waals surface area contributed by atoms with Crippen LogP contribution in [0, 0.1) is 0 Å². The smallest absolute Gasteiger partial charge is 0.142 e. The molecule has 2 nitrogen and oxygen atoms in total. The van der Waals surface area contributed by atoms with Crippen LogP contribution >= 0.6 is 11.3 Å². The first-order valence-electron chi connectivity index (χ1n) is 5.67. The van der Waals surface area contributed by atoms with Crippen LogP contribution in [0.1, 0.15) is 48.9 Å². The van der Waals surface area contributed by atoms with Crippen molar-refractivity contribution in [2.75, 3.05) is 0 Å². The van der Waals surface area contributed by atoms with Crippen molar-refractivity contribution in [3.63, 3.8) is 0 Å². The van der Waals surface area contributed by atoms with E-state index in [1.807, 2.05) is 0 Å². The van der Waals surface area contributed by atoms with Crippen LogP contribution in [0.3, 0.4) is 0 Å². The molecule has 0 unspecified atom stereocenters. The van der Waals surface area contributed by atoms with Crippen LogP contribution in [0.15, 0.2) is 11.4 Å². The first kappa shape index (κ1) is 8.22. The maximum Gasteiger partial charge on any atom is 0.142 e. The number of fused-ring (bicyclic) bond motifs is 1. The summed E-state index contributed by atoms with van der Waals surface area (Å²) in [5.41, 5.74) is 3.75. The molecule has 0 amide bonds. The summed E-state index contributed by atoms with van der Waals surface area (Å²) in [6.45, 7) is 0. The van der Waals surface area contributed by atoms with Gasteiger partial charge in [0.25, 0.3) is 0 Å².